The lowest BCUT2D eigenvalue weighted by Crippen LogP contribution is -2.09. The van der Waals surface area contributed by atoms with Gasteiger partial charge in [-0.3, -0.25) is 4.72 Å². The molecule has 2 N–H and O–H groups in total. The maximum absolute atomic E-state index is 11.4. The lowest BCUT2D eigenvalue weighted by Gasteiger charge is -2.05. The maximum atomic E-state index is 11.4. The molecule has 3 aromatic rings. The van der Waals surface area contributed by atoms with Crippen LogP contribution >= 0.6 is 11.3 Å². The highest BCUT2D eigenvalue weighted by Gasteiger charge is 2.21. The molecule has 1 aliphatic rings. The minimum Gasteiger partial charge on any atom is -0.360 e. The molecule has 126 valence electrons. The van der Waals surface area contributed by atoms with Gasteiger partial charge in [0, 0.05) is 17.8 Å². The summed E-state index contributed by atoms with van der Waals surface area (Å²) in [6.07, 6.45) is 5.47. The van der Waals surface area contributed by atoms with Gasteiger partial charge in [0.2, 0.25) is 20.1 Å². The second-order valence-electron chi connectivity index (χ2n) is 6.02. The second kappa shape index (κ2) is 5.75. The Labute approximate surface area is 143 Å². The molecule has 0 radical (unpaired) electrons. The summed E-state index contributed by atoms with van der Waals surface area (Å²) < 4.78 is 27.1. The molecule has 0 atom stereocenters. The van der Waals surface area contributed by atoms with Crippen LogP contribution in [-0.2, 0) is 10.0 Å². The van der Waals surface area contributed by atoms with Crippen molar-refractivity contribution in [3.05, 3.63) is 30.5 Å². The van der Waals surface area contributed by atoms with Gasteiger partial charge in [0.1, 0.15) is 0 Å². The lowest BCUT2D eigenvalue weighted by atomic mass is 10.1. The SMILES string of the molecule is CS(=O)(=O)Nc1cccc(-c2cnc3sc(NCC4CC4)nn23)c1. The van der Waals surface area contributed by atoms with Crippen LogP contribution in [0, 0.1) is 5.92 Å². The van der Waals surface area contributed by atoms with Crippen molar-refractivity contribution in [2.45, 2.75) is 12.8 Å². The highest BCUT2D eigenvalue weighted by Crippen LogP contribution is 2.31. The zero-order valence-electron chi connectivity index (χ0n) is 13.1. The van der Waals surface area contributed by atoms with Gasteiger partial charge in [-0.05, 0) is 30.9 Å². The van der Waals surface area contributed by atoms with Crippen molar-refractivity contribution in [2.24, 2.45) is 5.92 Å². The van der Waals surface area contributed by atoms with Crippen LogP contribution < -0.4 is 10.0 Å². The van der Waals surface area contributed by atoms with Crippen molar-refractivity contribution in [1.29, 1.82) is 0 Å². The number of aromatic nitrogens is 3. The predicted molar refractivity (Wildman–Crippen MR) is 96.0 cm³/mol. The van der Waals surface area contributed by atoms with Gasteiger partial charge < -0.3 is 5.32 Å². The molecule has 0 saturated heterocycles. The first-order valence-electron chi connectivity index (χ1n) is 7.64. The normalized spacial score (nSPS) is 14.9. The number of fused-ring (bicyclic) bond motifs is 1. The molecule has 0 unspecified atom stereocenters. The van der Waals surface area contributed by atoms with Crippen molar-refractivity contribution in [3.63, 3.8) is 0 Å². The second-order valence-corrected chi connectivity index (χ2v) is 8.73. The van der Waals surface area contributed by atoms with Crippen LogP contribution in [-0.4, -0.2) is 35.8 Å². The largest absolute Gasteiger partial charge is 0.360 e. The molecule has 1 aliphatic carbocycles. The maximum Gasteiger partial charge on any atom is 0.229 e. The minimum atomic E-state index is -3.31. The summed E-state index contributed by atoms with van der Waals surface area (Å²) in [7, 11) is -3.31. The van der Waals surface area contributed by atoms with E-state index in [1.165, 1.54) is 24.2 Å². The lowest BCUT2D eigenvalue weighted by molar-refractivity contribution is 0.607. The first kappa shape index (κ1) is 15.4. The van der Waals surface area contributed by atoms with E-state index in [-0.39, 0.29) is 0 Å². The molecule has 9 heteroatoms. The van der Waals surface area contributed by atoms with Crippen LogP contribution in [0.4, 0.5) is 10.8 Å². The Morgan fingerprint density at radius 1 is 1.38 bits per heavy atom. The molecule has 7 nitrogen and oxygen atoms in total. The molecule has 0 bridgehead atoms. The zero-order valence-corrected chi connectivity index (χ0v) is 14.7. The Bertz CT molecular complexity index is 988. The van der Waals surface area contributed by atoms with Gasteiger partial charge in [0.05, 0.1) is 18.1 Å². The quantitative estimate of drug-likeness (QED) is 0.703. The van der Waals surface area contributed by atoms with E-state index in [0.29, 0.717) is 5.69 Å². The molecule has 2 aromatic heterocycles. The highest BCUT2D eigenvalue weighted by molar-refractivity contribution is 7.92. The smallest absolute Gasteiger partial charge is 0.229 e. The Morgan fingerprint density at radius 3 is 2.96 bits per heavy atom. The van der Waals surface area contributed by atoms with Crippen LogP contribution in [0.1, 0.15) is 12.8 Å². The molecular weight excluding hydrogens is 346 g/mol. The number of hydrogen-bond donors (Lipinski definition) is 2. The monoisotopic (exact) mass is 363 g/mol. The zero-order chi connectivity index (χ0) is 16.7. The van der Waals surface area contributed by atoms with Crippen molar-refractivity contribution in [1.82, 2.24) is 14.6 Å². The number of nitrogens with zero attached hydrogens (tertiary/aromatic N) is 3. The van der Waals surface area contributed by atoms with Crippen molar-refractivity contribution >= 4 is 37.1 Å². The standard InChI is InChI=1S/C15H17N5O2S2/c1-24(21,22)19-12-4-2-3-11(7-12)13-9-17-15-20(13)18-14(23-15)16-8-10-5-6-10/h2-4,7,9-10,19H,5-6,8H2,1H3,(H,16,18). The first-order valence-corrected chi connectivity index (χ1v) is 10.4. The summed E-state index contributed by atoms with van der Waals surface area (Å²) in [6, 6.07) is 7.21. The fraction of sp³-hybridized carbons (Fsp3) is 0.333. The predicted octanol–water partition coefficient (Wildman–Crippen LogP) is 2.65. The van der Waals surface area contributed by atoms with Gasteiger partial charge in [-0.15, -0.1) is 5.10 Å². The first-order chi connectivity index (χ1) is 11.5. The van der Waals surface area contributed by atoms with E-state index in [4.69, 9.17) is 0 Å². The molecule has 1 aromatic carbocycles. The number of rotatable bonds is 6. The van der Waals surface area contributed by atoms with Gasteiger partial charge in [-0.1, -0.05) is 23.5 Å². The van der Waals surface area contributed by atoms with E-state index in [1.807, 2.05) is 6.07 Å². The summed E-state index contributed by atoms with van der Waals surface area (Å²) in [5.74, 6) is 0.777. The van der Waals surface area contributed by atoms with E-state index in [2.05, 4.69) is 20.1 Å². The Morgan fingerprint density at radius 2 is 2.21 bits per heavy atom. The summed E-state index contributed by atoms with van der Waals surface area (Å²) >= 11 is 1.51. The summed E-state index contributed by atoms with van der Waals surface area (Å²) in [6.45, 7) is 0.958. The van der Waals surface area contributed by atoms with Crippen molar-refractivity contribution < 1.29 is 8.42 Å². The third kappa shape index (κ3) is 3.36. The molecule has 0 amide bonds. The summed E-state index contributed by atoms with van der Waals surface area (Å²) in [5.41, 5.74) is 2.21. The average Bonchev–Trinajstić information content (AvgIpc) is 3.12. The Kier molecular flexibility index (Phi) is 3.69. The van der Waals surface area contributed by atoms with E-state index < -0.39 is 10.0 Å². The van der Waals surface area contributed by atoms with Gasteiger partial charge in [-0.2, -0.15) is 0 Å². The van der Waals surface area contributed by atoms with Crippen LogP contribution in [0.3, 0.4) is 0 Å². The van der Waals surface area contributed by atoms with Gasteiger partial charge in [-0.25, -0.2) is 17.9 Å². The molecule has 1 fully saturated rings. The number of anilines is 2. The average molecular weight is 363 g/mol. The van der Waals surface area contributed by atoms with E-state index in [0.717, 1.165) is 40.1 Å². The van der Waals surface area contributed by atoms with Crippen LogP contribution in [0.5, 0.6) is 0 Å². The summed E-state index contributed by atoms with van der Waals surface area (Å²) in [4.78, 5) is 5.21. The van der Waals surface area contributed by atoms with Gasteiger partial charge in [0.15, 0.2) is 0 Å². The Hall–Kier alpha value is -2.13. The van der Waals surface area contributed by atoms with Crippen LogP contribution in [0.15, 0.2) is 30.5 Å². The molecule has 2 heterocycles. The summed E-state index contributed by atoms with van der Waals surface area (Å²) in [5, 5.41) is 8.79. The van der Waals surface area contributed by atoms with Crippen molar-refractivity contribution in [2.75, 3.05) is 22.8 Å². The number of nitrogens with one attached hydrogen (secondary N) is 2. The fourth-order valence-electron chi connectivity index (χ4n) is 2.47. The molecule has 0 aliphatic heterocycles. The van der Waals surface area contributed by atoms with E-state index >= 15 is 0 Å². The third-order valence-electron chi connectivity index (χ3n) is 3.79. The highest BCUT2D eigenvalue weighted by atomic mass is 32.2. The third-order valence-corrected chi connectivity index (χ3v) is 5.27. The number of hydrogen-bond acceptors (Lipinski definition) is 6. The fourth-order valence-corrected chi connectivity index (χ4v) is 3.81. The number of benzene rings is 1. The van der Waals surface area contributed by atoms with E-state index in [9.17, 15) is 8.42 Å². The van der Waals surface area contributed by atoms with Crippen LogP contribution in [0.2, 0.25) is 0 Å². The number of sulfonamides is 1. The molecule has 4 rings (SSSR count). The van der Waals surface area contributed by atoms with Gasteiger partial charge in [0.25, 0.3) is 0 Å². The topological polar surface area (TPSA) is 88.4 Å². The van der Waals surface area contributed by atoms with E-state index in [1.54, 1.807) is 28.9 Å². The van der Waals surface area contributed by atoms with Crippen LogP contribution in [0.25, 0.3) is 16.2 Å². The molecule has 0 spiro atoms. The number of imidazole rings is 1. The van der Waals surface area contributed by atoms with Crippen molar-refractivity contribution in [3.8, 4) is 11.3 Å². The molecule has 24 heavy (non-hydrogen) atoms. The molecule has 1 saturated carbocycles. The Balaban J connectivity index is 1.64. The van der Waals surface area contributed by atoms with Gasteiger partial charge >= 0.3 is 0 Å². The minimum absolute atomic E-state index is 0.521. The molecular formula is C15H17N5O2S2.